The van der Waals surface area contributed by atoms with Gasteiger partial charge in [-0.2, -0.15) is 18.4 Å². The van der Waals surface area contributed by atoms with Crippen molar-refractivity contribution in [1.29, 1.82) is 5.26 Å². The van der Waals surface area contributed by atoms with E-state index < -0.39 is 59.4 Å². The zero-order valence-electron chi connectivity index (χ0n) is 22.6. The highest BCUT2D eigenvalue weighted by molar-refractivity contribution is 5.98. The predicted molar refractivity (Wildman–Crippen MR) is 133 cm³/mol. The van der Waals surface area contributed by atoms with Crippen LogP contribution in [0.5, 0.6) is 5.75 Å². The monoisotopic (exact) mass is 564 g/mol. The van der Waals surface area contributed by atoms with Crippen molar-refractivity contribution in [2.24, 2.45) is 22.7 Å². The molecular formula is C26H31F3N6O5. The number of piperidine rings is 1. The van der Waals surface area contributed by atoms with Crippen molar-refractivity contribution in [1.82, 2.24) is 20.5 Å². The Balaban J connectivity index is 1.52. The molecule has 0 spiro atoms. The van der Waals surface area contributed by atoms with E-state index in [1.807, 2.05) is 19.9 Å². The molecule has 14 heteroatoms. The second kappa shape index (κ2) is 9.94. The normalized spacial score (nSPS) is 26.2. The third-order valence-electron chi connectivity index (χ3n) is 7.93. The zero-order chi connectivity index (χ0) is 29.8. The van der Waals surface area contributed by atoms with Gasteiger partial charge in [-0.1, -0.05) is 34.6 Å². The molecule has 40 heavy (non-hydrogen) atoms. The van der Waals surface area contributed by atoms with Crippen LogP contribution in [0, 0.1) is 34.0 Å². The highest BCUT2D eigenvalue weighted by Crippen LogP contribution is 2.65. The Morgan fingerprint density at radius 1 is 1.27 bits per heavy atom. The number of fused-ring (bicyclic) bond motifs is 2. The molecule has 2 aliphatic heterocycles. The van der Waals surface area contributed by atoms with E-state index in [-0.39, 0.29) is 30.2 Å². The van der Waals surface area contributed by atoms with Crippen LogP contribution in [0.15, 0.2) is 18.5 Å². The summed E-state index contributed by atoms with van der Waals surface area (Å²) in [5.74, 6) is -4.31. The first kappa shape index (κ1) is 29.1. The lowest BCUT2D eigenvalue weighted by atomic mass is 9.85. The van der Waals surface area contributed by atoms with E-state index in [9.17, 15) is 37.6 Å². The fraction of sp³-hybridized carbons (Fsp3) is 0.615. The summed E-state index contributed by atoms with van der Waals surface area (Å²) in [5, 5.41) is 16.8. The number of rotatable bonds is 6. The summed E-state index contributed by atoms with van der Waals surface area (Å²) < 4.78 is 44.8. The summed E-state index contributed by atoms with van der Waals surface area (Å²) in [7, 11) is 0. The van der Waals surface area contributed by atoms with Gasteiger partial charge in [0.15, 0.2) is 6.10 Å². The van der Waals surface area contributed by atoms with E-state index >= 15 is 0 Å². The van der Waals surface area contributed by atoms with Crippen molar-refractivity contribution in [3.63, 3.8) is 0 Å². The van der Waals surface area contributed by atoms with E-state index in [4.69, 9.17) is 4.74 Å². The maximum atomic E-state index is 13.6. The number of nitrogens with zero attached hydrogens (tertiary/aromatic N) is 3. The number of hydrogen-bond acceptors (Lipinski definition) is 7. The van der Waals surface area contributed by atoms with Gasteiger partial charge in [0.1, 0.15) is 29.6 Å². The van der Waals surface area contributed by atoms with Crippen LogP contribution < -0.4 is 20.7 Å². The van der Waals surface area contributed by atoms with Crippen LogP contribution in [-0.4, -0.2) is 70.5 Å². The number of carbonyl (C=O) groups is 4. The molecule has 2 unspecified atom stereocenters. The van der Waals surface area contributed by atoms with Crippen LogP contribution in [0.2, 0.25) is 0 Å². The predicted octanol–water partition coefficient (Wildman–Crippen LogP) is 1.76. The first-order valence-corrected chi connectivity index (χ1v) is 12.8. The fourth-order valence-electron chi connectivity index (χ4n) is 5.61. The van der Waals surface area contributed by atoms with E-state index in [1.165, 1.54) is 38.1 Å². The average Bonchev–Trinajstić information content (AvgIpc) is 3.18. The number of nitrogens with one attached hydrogen (secondary N) is 3. The first-order chi connectivity index (χ1) is 18.5. The van der Waals surface area contributed by atoms with Crippen LogP contribution in [-0.2, 0) is 19.2 Å². The number of pyridine rings is 1. The SMILES string of the molecule is CC(C)(C)C(NC(=O)C(F)(F)F)C(=O)N1C[C@H]2[C@@H]([C@H]1C(=O)NC(C#N)C[C@@H]1Oc3ccncc3NC1=O)C2(C)C. The lowest BCUT2D eigenvalue weighted by Gasteiger charge is -2.38. The molecule has 0 radical (unpaired) electrons. The molecule has 1 aromatic heterocycles. The Labute approximate surface area is 228 Å². The molecule has 6 atom stereocenters. The largest absolute Gasteiger partial charge is 0.478 e. The molecule has 216 valence electrons. The fourth-order valence-corrected chi connectivity index (χ4v) is 5.61. The number of anilines is 1. The maximum absolute atomic E-state index is 13.6. The second-order valence-corrected chi connectivity index (χ2v) is 12.1. The van der Waals surface area contributed by atoms with Crippen LogP contribution in [0.4, 0.5) is 18.9 Å². The molecule has 3 aliphatic rings. The number of amides is 4. The van der Waals surface area contributed by atoms with Gasteiger partial charge in [0, 0.05) is 25.2 Å². The van der Waals surface area contributed by atoms with Gasteiger partial charge in [0.05, 0.1) is 12.3 Å². The van der Waals surface area contributed by atoms with Crippen LogP contribution in [0.3, 0.4) is 0 Å². The smallest absolute Gasteiger partial charge is 0.471 e. The van der Waals surface area contributed by atoms with Crippen LogP contribution >= 0.6 is 0 Å². The summed E-state index contributed by atoms with van der Waals surface area (Å²) >= 11 is 0. The Morgan fingerprint density at radius 2 is 1.95 bits per heavy atom. The van der Waals surface area contributed by atoms with Crippen molar-refractivity contribution < 1.29 is 37.1 Å². The lowest BCUT2D eigenvalue weighted by molar-refractivity contribution is -0.176. The number of likely N-dealkylation sites (tertiary alicyclic amines) is 1. The van der Waals surface area contributed by atoms with Gasteiger partial charge in [-0.15, -0.1) is 0 Å². The van der Waals surface area contributed by atoms with Gasteiger partial charge in [-0.25, -0.2) is 0 Å². The maximum Gasteiger partial charge on any atom is 0.471 e. The Morgan fingerprint density at radius 3 is 2.55 bits per heavy atom. The van der Waals surface area contributed by atoms with Crippen molar-refractivity contribution in [3.05, 3.63) is 18.5 Å². The highest BCUT2D eigenvalue weighted by atomic mass is 19.4. The van der Waals surface area contributed by atoms with Crippen molar-refractivity contribution >= 4 is 29.3 Å². The van der Waals surface area contributed by atoms with Gasteiger partial charge in [0.2, 0.25) is 11.8 Å². The minimum Gasteiger partial charge on any atom is -0.478 e. The molecule has 4 amide bonds. The molecule has 0 bridgehead atoms. The van der Waals surface area contributed by atoms with Crippen molar-refractivity contribution in [3.8, 4) is 11.8 Å². The van der Waals surface area contributed by atoms with Gasteiger partial charge in [-0.05, 0) is 22.7 Å². The summed E-state index contributed by atoms with van der Waals surface area (Å²) in [4.78, 5) is 56.5. The van der Waals surface area contributed by atoms with Crippen molar-refractivity contribution in [2.75, 3.05) is 11.9 Å². The number of carbonyl (C=O) groups excluding carboxylic acids is 4. The molecule has 2 fully saturated rings. The Bertz CT molecular complexity index is 1270. The minimum absolute atomic E-state index is 0.0933. The standard InChI is InChI=1S/C26H31F3N6O5/c1-24(2,3)19(34-23(39)26(27,28)29)22(38)35-11-13-17(25(13,4)5)18(35)21(37)32-12(9-30)8-16-20(36)33-14-10-31-7-6-15(14)40-16/h6-7,10,12-13,16-19H,8,11H2,1-5H3,(H,32,37)(H,33,36)(H,34,39)/t12?,13-,16-,17-,18-,19?/m0/s1. The van der Waals surface area contributed by atoms with Gasteiger partial charge in [0.25, 0.3) is 5.91 Å². The number of halogens is 3. The van der Waals surface area contributed by atoms with E-state index in [0.717, 1.165) is 0 Å². The third-order valence-corrected chi connectivity index (χ3v) is 7.93. The Kier molecular flexibility index (Phi) is 7.23. The molecule has 1 aromatic rings. The molecule has 11 nitrogen and oxygen atoms in total. The van der Waals surface area contributed by atoms with Crippen LogP contribution in [0.1, 0.15) is 41.0 Å². The minimum atomic E-state index is -5.19. The number of nitriles is 1. The number of hydrogen-bond donors (Lipinski definition) is 3. The quantitative estimate of drug-likeness (QED) is 0.476. The summed E-state index contributed by atoms with van der Waals surface area (Å²) in [6.45, 7) is 8.49. The summed E-state index contributed by atoms with van der Waals surface area (Å²) in [6, 6.07) is -0.325. The summed E-state index contributed by atoms with van der Waals surface area (Å²) in [5.41, 5.74) is -1.06. The first-order valence-electron chi connectivity index (χ1n) is 12.8. The topological polar surface area (TPSA) is 154 Å². The number of ether oxygens (including phenoxy) is 1. The molecule has 1 saturated carbocycles. The lowest BCUT2D eigenvalue weighted by Crippen LogP contribution is -2.61. The highest BCUT2D eigenvalue weighted by Gasteiger charge is 2.70. The van der Waals surface area contributed by atoms with E-state index in [2.05, 4.69) is 15.6 Å². The van der Waals surface area contributed by atoms with Gasteiger partial charge >= 0.3 is 12.1 Å². The van der Waals surface area contributed by atoms with Crippen molar-refractivity contribution in [2.45, 2.75) is 71.4 Å². The molecular weight excluding hydrogens is 533 g/mol. The molecule has 4 rings (SSSR count). The summed E-state index contributed by atoms with van der Waals surface area (Å²) in [6.07, 6.45) is -3.60. The third kappa shape index (κ3) is 5.41. The zero-order valence-corrected chi connectivity index (χ0v) is 22.6. The number of alkyl halides is 3. The van der Waals surface area contributed by atoms with Gasteiger partial charge < -0.3 is 25.6 Å². The van der Waals surface area contributed by atoms with E-state index in [1.54, 1.807) is 11.4 Å². The second-order valence-electron chi connectivity index (χ2n) is 12.1. The van der Waals surface area contributed by atoms with Crippen LogP contribution in [0.25, 0.3) is 0 Å². The molecule has 3 heterocycles. The van der Waals surface area contributed by atoms with Gasteiger partial charge in [-0.3, -0.25) is 24.2 Å². The number of aromatic nitrogens is 1. The molecule has 0 aromatic carbocycles. The molecule has 1 saturated heterocycles. The molecule has 1 aliphatic carbocycles. The Hall–Kier alpha value is -3.89. The molecule has 3 N–H and O–H groups in total. The average molecular weight is 565 g/mol. The van der Waals surface area contributed by atoms with E-state index in [0.29, 0.717) is 11.4 Å².